The fourth-order valence-electron chi connectivity index (χ4n) is 6.20. The predicted octanol–water partition coefficient (Wildman–Crippen LogP) is 6.91. The molecule has 0 bridgehead atoms. The van der Waals surface area contributed by atoms with Gasteiger partial charge in [0.25, 0.3) is 0 Å². The lowest BCUT2D eigenvalue weighted by Crippen LogP contribution is -2.38. The van der Waals surface area contributed by atoms with Gasteiger partial charge in [0.05, 0.1) is 17.4 Å². The minimum Gasteiger partial charge on any atom is -0.334 e. The number of hydrazine groups is 1. The highest BCUT2D eigenvalue weighted by atomic mass is 19.1. The molecule has 39 heavy (non-hydrogen) atoms. The molecule has 3 aromatic carbocycles. The molecule has 0 radical (unpaired) electrons. The van der Waals surface area contributed by atoms with E-state index in [1.54, 1.807) is 12.1 Å². The number of hydrogen-bond acceptors (Lipinski definition) is 3. The molecule has 0 aromatic heterocycles. The van der Waals surface area contributed by atoms with E-state index in [0.29, 0.717) is 12.5 Å². The van der Waals surface area contributed by atoms with Crippen molar-refractivity contribution in [1.82, 2.24) is 16.1 Å². The largest absolute Gasteiger partial charge is 0.334 e. The van der Waals surface area contributed by atoms with Crippen molar-refractivity contribution in [2.45, 2.75) is 38.8 Å². The summed E-state index contributed by atoms with van der Waals surface area (Å²) in [6.07, 6.45) is 7.29. The van der Waals surface area contributed by atoms with E-state index in [-0.39, 0.29) is 23.8 Å². The molecule has 2 aliphatic carbocycles. The van der Waals surface area contributed by atoms with E-state index in [1.807, 2.05) is 53.5 Å². The van der Waals surface area contributed by atoms with Gasteiger partial charge in [0.15, 0.2) is 0 Å². The number of allylic oxidation sites excluding steroid dienone is 4. The number of anilines is 1. The fourth-order valence-corrected chi connectivity index (χ4v) is 6.20. The normalized spacial score (nSPS) is 20.4. The second kappa shape index (κ2) is 10.8. The van der Waals surface area contributed by atoms with E-state index in [1.165, 1.54) is 28.9 Å². The Morgan fingerprint density at radius 2 is 1.74 bits per heavy atom. The summed E-state index contributed by atoms with van der Waals surface area (Å²) in [4.78, 5) is 13.0. The number of amides is 2. The van der Waals surface area contributed by atoms with Crippen LogP contribution in [0.2, 0.25) is 0 Å². The molecule has 3 aromatic rings. The summed E-state index contributed by atoms with van der Waals surface area (Å²) in [5.41, 5.74) is 11.7. The summed E-state index contributed by atoms with van der Waals surface area (Å²) < 4.78 is 13.5. The molecule has 1 aliphatic heterocycles. The Bertz CT molecular complexity index is 1430. The molecule has 3 N–H and O–H groups in total. The Morgan fingerprint density at radius 3 is 2.49 bits per heavy atom. The first-order valence-electron chi connectivity index (χ1n) is 13.7. The van der Waals surface area contributed by atoms with Crippen molar-refractivity contribution in [3.05, 3.63) is 137 Å². The van der Waals surface area contributed by atoms with Gasteiger partial charge in [-0.1, -0.05) is 73.2 Å². The number of carbonyl (C=O) groups excluding carboxylic acids is 1. The molecule has 198 valence electrons. The highest BCUT2D eigenvalue weighted by Gasteiger charge is 2.39. The van der Waals surface area contributed by atoms with E-state index < -0.39 is 0 Å². The van der Waals surface area contributed by atoms with Crippen LogP contribution in [-0.4, -0.2) is 6.03 Å². The topological polar surface area (TPSA) is 56.4 Å². The molecule has 1 heterocycles. The summed E-state index contributed by atoms with van der Waals surface area (Å²) in [5.74, 6) is 0.387. The molecule has 6 heteroatoms. The lowest BCUT2D eigenvalue weighted by Gasteiger charge is -2.31. The SMILES string of the molecule is C[C@H]1C2=CNN(c3ccc(F)cc3)C2=CC2=C1[C@@H](CC(NC(=O)NCc1ccccc1)c1ccccc1)CC2. The number of urea groups is 1. The van der Waals surface area contributed by atoms with Gasteiger partial charge < -0.3 is 16.1 Å². The van der Waals surface area contributed by atoms with Crippen molar-refractivity contribution in [2.75, 3.05) is 5.01 Å². The van der Waals surface area contributed by atoms with Crippen molar-refractivity contribution < 1.29 is 9.18 Å². The van der Waals surface area contributed by atoms with Crippen LogP contribution in [0, 0.1) is 17.7 Å². The van der Waals surface area contributed by atoms with Crippen LogP contribution in [0.5, 0.6) is 0 Å². The molecule has 5 nitrogen and oxygen atoms in total. The molecule has 2 amide bonds. The van der Waals surface area contributed by atoms with E-state index in [4.69, 9.17) is 0 Å². The third-order valence-electron chi connectivity index (χ3n) is 8.11. The van der Waals surface area contributed by atoms with Crippen molar-refractivity contribution in [1.29, 1.82) is 0 Å². The van der Waals surface area contributed by atoms with Gasteiger partial charge in [-0.3, -0.25) is 5.01 Å². The Labute approximate surface area is 229 Å². The number of benzene rings is 3. The molecule has 3 atom stereocenters. The van der Waals surface area contributed by atoms with Gasteiger partial charge in [-0.25, -0.2) is 9.18 Å². The fraction of sp³-hybridized carbons (Fsp3) is 0.242. The van der Waals surface area contributed by atoms with Crippen LogP contribution in [0.25, 0.3) is 0 Å². The Hall–Kier alpha value is -4.32. The van der Waals surface area contributed by atoms with Gasteiger partial charge in [0.2, 0.25) is 0 Å². The summed E-state index contributed by atoms with van der Waals surface area (Å²) >= 11 is 0. The van der Waals surface area contributed by atoms with Crippen LogP contribution in [0.4, 0.5) is 14.9 Å². The zero-order chi connectivity index (χ0) is 26.8. The Kier molecular flexibility index (Phi) is 6.93. The predicted molar refractivity (Wildman–Crippen MR) is 153 cm³/mol. The van der Waals surface area contributed by atoms with Crippen molar-refractivity contribution in [2.24, 2.45) is 11.8 Å². The van der Waals surface area contributed by atoms with Gasteiger partial charge in [0, 0.05) is 24.2 Å². The zero-order valence-electron chi connectivity index (χ0n) is 22.0. The molecule has 6 rings (SSSR count). The number of halogens is 1. The van der Waals surface area contributed by atoms with Crippen LogP contribution in [0.1, 0.15) is 43.4 Å². The number of nitrogens with zero attached hydrogens (tertiary/aromatic N) is 1. The molecule has 0 spiro atoms. The molecule has 0 fully saturated rings. The van der Waals surface area contributed by atoms with Crippen molar-refractivity contribution in [3.8, 4) is 0 Å². The Balaban J connectivity index is 1.21. The first-order chi connectivity index (χ1) is 19.1. The smallest absolute Gasteiger partial charge is 0.315 e. The van der Waals surface area contributed by atoms with Crippen molar-refractivity contribution >= 4 is 11.7 Å². The van der Waals surface area contributed by atoms with Crippen LogP contribution in [0.3, 0.4) is 0 Å². The number of fused-ring (bicyclic) bond motifs is 1. The van der Waals surface area contributed by atoms with E-state index >= 15 is 0 Å². The van der Waals surface area contributed by atoms with Crippen LogP contribution in [-0.2, 0) is 6.54 Å². The highest BCUT2D eigenvalue weighted by Crippen LogP contribution is 2.49. The molecule has 1 unspecified atom stereocenters. The second-order valence-corrected chi connectivity index (χ2v) is 10.5. The lowest BCUT2D eigenvalue weighted by molar-refractivity contribution is 0.234. The maximum Gasteiger partial charge on any atom is 0.315 e. The van der Waals surface area contributed by atoms with Crippen LogP contribution < -0.4 is 21.1 Å². The van der Waals surface area contributed by atoms with Gasteiger partial charge >= 0.3 is 6.03 Å². The lowest BCUT2D eigenvalue weighted by atomic mass is 9.78. The van der Waals surface area contributed by atoms with Crippen LogP contribution >= 0.6 is 0 Å². The quantitative estimate of drug-likeness (QED) is 0.317. The van der Waals surface area contributed by atoms with E-state index in [0.717, 1.165) is 41.8 Å². The number of carbonyl (C=O) groups is 1. The summed E-state index contributed by atoms with van der Waals surface area (Å²) in [7, 11) is 0. The number of rotatable bonds is 7. The van der Waals surface area contributed by atoms with Crippen LogP contribution in [0.15, 0.2) is 120 Å². The van der Waals surface area contributed by atoms with Gasteiger partial charge in [-0.2, -0.15) is 0 Å². The third kappa shape index (κ3) is 5.19. The first kappa shape index (κ1) is 25.0. The van der Waals surface area contributed by atoms with Gasteiger partial charge in [0.1, 0.15) is 5.82 Å². The number of hydrogen-bond donors (Lipinski definition) is 3. The average molecular weight is 521 g/mol. The average Bonchev–Trinajstić information content (AvgIpc) is 3.58. The number of nitrogens with one attached hydrogen (secondary N) is 3. The maximum atomic E-state index is 13.5. The zero-order valence-corrected chi connectivity index (χ0v) is 22.0. The second-order valence-electron chi connectivity index (χ2n) is 10.5. The van der Waals surface area contributed by atoms with E-state index in [9.17, 15) is 9.18 Å². The van der Waals surface area contributed by atoms with Crippen molar-refractivity contribution in [3.63, 3.8) is 0 Å². The van der Waals surface area contributed by atoms with Gasteiger partial charge in [-0.15, -0.1) is 0 Å². The summed E-state index contributed by atoms with van der Waals surface area (Å²) in [6.45, 7) is 2.77. The maximum absolute atomic E-state index is 13.5. The molecule has 0 saturated carbocycles. The monoisotopic (exact) mass is 520 g/mol. The Morgan fingerprint density at radius 1 is 1.03 bits per heavy atom. The standard InChI is InChI=1S/C33H33FN4O/c1-22-29-21-36-38(28-16-14-27(34)15-17-28)31(29)19-26-13-12-25(32(22)26)18-30(24-10-6-3-7-11-24)37-33(39)35-20-23-8-4-2-5-9-23/h2-11,14-17,19,21-22,25,30,36H,12-13,18,20H2,1H3,(H2,35,37,39)/t22-,25+,30?/m0/s1. The molecule has 0 saturated heterocycles. The summed E-state index contributed by atoms with van der Waals surface area (Å²) in [6, 6.07) is 26.5. The molecule has 3 aliphatic rings. The van der Waals surface area contributed by atoms with Gasteiger partial charge in [-0.05, 0) is 72.2 Å². The highest BCUT2D eigenvalue weighted by molar-refractivity contribution is 5.74. The third-order valence-corrected chi connectivity index (χ3v) is 8.11. The minimum atomic E-state index is -0.240. The minimum absolute atomic E-state index is 0.0946. The first-order valence-corrected chi connectivity index (χ1v) is 13.7. The molecular formula is C33H33FN4O. The summed E-state index contributed by atoms with van der Waals surface area (Å²) in [5, 5.41) is 8.33. The van der Waals surface area contributed by atoms with E-state index in [2.05, 4.69) is 47.4 Å². The molecular weight excluding hydrogens is 487 g/mol.